The Balaban J connectivity index is 1.59. The second kappa shape index (κ2) is 8.13. The minimum Gasteiger partial charge on any atom is -0.351 e. The first-order valence-electron chi connectivity index (χ1n) is 10.5. The molecule has 2 N–H and O–H groups in total. The second-order valence-corrected chi connectivity index (χ2v) is 8.31. The Morgan fingerprint density at radius 2 is 1.94 bits per heavy atom. The summed E-state index contributed by atoms with van der Waals surface area (Å²) in [6, 6.07) is 5.86. The number of benzene rings is 1. The van der Waals surface area contributed by atoms with Crippen LogP contribution in [0.2, 0.25) is 0 Å². The van der Waals surface area contributed by atoms with Gasteiger partial charge in [-0.3, -0.25) is 14.4 Å². The average molecular weight is 427 g/mol. The molecule has 4 rings (SSSR count). The van der Waals surface area contributed by atoms with Crippen molar-refractivity contribution in [2.45, 2.75) is 57.8 Å². The van der Waals surface area contributed by atoms with E-state index >= 15 is 0 Å². The smallest absolute Gasteiger partial charge is 0.274 e. The molecule has 0 saturated heterocycles. The zero-order chi connectivity index (χ0) is 22.2. The van der Waals surface area contributed by atoms with Crippen molar-refractivity contribution >= 4 is 17.7 Å². The Labute approximate surface area is 179 Å². The van der Waals surface area contributed by atoms with Crippen LogP contribution >= 0.6 is 0 Å². The Bertz CT molecular complexity index is 1010. The van der Waals surface area contributed by atoms with E-state index in [0.29, 0.717) is 6.54 Å². The summed E-state index contributed by atoms with van der Waals surface area (Å²) < 4.78 is 14.7. The van der Waals surface area contributed by atoms with Crippen molar-refractivity contribution in [2.24, 2.45) is 0 Å². The lowest BCUT2D eigenvalue weighted by Gasteiger charge is -2.44. The summed E-state index contributed by atoms with van der Waals surface area (Å²) in [7, 11) is 0. The normalized spacial score (nSPS) is 20.4. The van der Waals surface area contributed by atoms with Crippen molar-refractivity contribution in [1.29, 1.82) is 0 Å². The van der Waals surface area contributed by atoms with Gasteiger partial charge in [-0.05, 0) is 43.9 Å². The fourth-order valence-corrected chi connectivity index (χ4v) is 4.02. The Morgan fingerprint density at radius 1 is 1.23 bits per heavy atom. The molecule has 2 aliphatic rings. The number of fused-ring (bicyclic) bond motifs is 1. The molecule has 0 unspecified atom stereocenters. The highest BCUT2D eigenvalue weighted by Gasteiger charge is 2.53. The van der Waals surface area contributed by atoms with Crippen LogP contribution < -0.4 is 10.6 Å². The van der Waals surface area contributed by atoms with Gasteiger partial charge < -0.3 is 20.1 Å². The molecule has 0 radical (unpaired) electrons. The predicted molar refractivity (Wildman–Crippen MR) is 111 cm³/mol. The molecule has 0 spiro atoms. The van der Waals surface area contributed by atoms with Crippen molar-refractivity contribution in [3.05, 3.63) is 53.4 Å². The number of hydrogen-bond donors (Lipinski definition) is 2. The van der Waals surface area contributed by atoms with Crippen LogP contribution in [-0.2, 0) is 17.9 Å². The third-order valence-electron chi connectivity index (χ3n) is 5.79. The average Bonchev–Trinajstić information content (AvgIpc) is 3.49. The summed E-state index contributed by atoms with van der Waals surface area (Å²) >= 11 is 0. The molecule has 1 atom stereocenters. The van der Waals surface area contributed by atoms with E-state index in [-0.39, 0.29) is 54.1 Å². The molecule has 1 fully saturated rings. The van der Waals surface area contributed by atoms with Gasteiger partial charge in [-0.1, -0.05) is 19.1 Å². The fourth-order valence-electron chi connectivity index (χ4n) is 4.02. The lowest BCUT2D eigenvalue weighted by Crippen LogP contribution is -2.64. The zero-order valence-electron chi connectivity index (χ0n) is 17.7. The Morgan fingerprint density at radius 3 is 2.58 bits per heavy atom. The highest BCUT2D eigenvalue weighted by Crippen LogP contribution is 2.38. The van der Waals surface area contributed by atoms with Crippen molar-refractivity contribution in [2.75, 3.05) is 6.54 Å². The lowest BCUT2D eigenvalue weighted by atomic mass is 9.93. The maximum Gasteiger partial charge on any atom is 0.274 e. The van der Waals surface area contributed by atoms with Gasteiger partial charge in [0.25, 0.3) is 11.8 Å². The van der Waals surface area contributed by atoms with Crippen LogP contribution in [-0.4, -0.2) is 50.3 Å². The molecule has 2 heterocycles. The fraction of sp³-hybridized carbons (Fsp3) is 0.455. The van der Waals surface area contributed by atoms with Gasteiger partial charge in [0.2, 0.25) is 5.91 Å². The van der Waals surface area contributed by atoms with Gasteiger partial charge >= 0.3 is 0 Å². The molecule has 8 nitrogen and oxygen atoms in total. The number of amides is 3. The maximum atomic E-state index is 13.5. The molecule has 1 saturated carbocycles. The highest BCUT2D eigenvalue weighted by atomic mass is 19.1. The van der Waals surface area contributed by atoms with Crippen LogP contribution in [0.25, 0.3) is 0 Å². The summed E-state index contributed by atoms with van der Waals surface area (Å²) in [5.41, 5.74) is -0.0396. The summed E-state index contributed by atoms with van der Waals surface area (Å²) in [5.74, 6) is -1.38. The molecule has 2 aromatic rings. The summed E-state index contributed by atoms with van der Waals surface area (Å²) in [5, 5.41) is 5.64. The van der Waals surface area contributed by atoms with Crippen LogP contribution in [0.3, 0.4) is 0 Å². The number of rotatable bonds is 7. The van der Waals surface area contributed by atoms with Crippen molar-refractivity contribution in [3.63, 3.8) is 0 Å². The first-order valence-corrected chi connectivity index (χ1v) is 10.5. The van der Waals surface area contributed by atoms with Crippen LogP contribution in [0.5, 0.6) is 0 Å². The third kappa shape index (κ3) is 3.92. The molecule has 3 amide bonds. The molecule has 1 aromatic carbocycles. The zero-order valence-corrected chi connectivity index (χ0v) is 17.7. The number of nitrogens with one attached hydrogen (secondary N) is 2. The van der Waals surface area contributed by atoms with Crippen molar-refractivity contribution in [1.82, 2.24) is 25.1 Å². The largest absolute Gasteiger partial charge is 0.351 e. The van der Waals surface area contributed by atoms with Gasteiger partial charge in [0, 0.05) is 19.1 Å². The van der Waals surface area contributed by atoms with Gasteiger partial charge in [0.05, 0.1) is 12.9 Å². The molecular weight excluding hydrogens is 401 g/mol. The van der Waals surface area contributed by atoms with Crippen molar-refractivity contribution < 1.29 is 18.8 Å². The van der Waals surface area contributed by atoms with E-state index in [1.54, 1.807) is 28.5 Å². The van der Waals surface area contributed by atoms with Gasteiger partial charge in [-0.25, -0.2) is 9.37 Å². The van der Waals surface area contributed by atoms with Gasteiger partial charge in [-0.15, -0.1) is 0 Å². The number of nitrogens with zero attached hydrogens (tertiary/aromatic N) is 3. The molecule has 0 bridgehead atoms. The summed E-state index contributed by atoms with van der Waals surface area (Å²) in [4.78, 5) is 45.0. The predicted octanol–water partition coefficient (Wildman–Crippen LogP) is 1.86. The molecule has 9 heteroatoms. The SMILES string of the molecule is CCCNC(=O)c1ncn2c1C(=O)N(C1CC1)[C@](C)(C(=O)NCc1ccc(F)cc1)C2. The van der Waals surface area contributed by atoms with Crippen LogP contribution in [0.4, 0.5) is 4.39 Å². The molecule has 1 aromatic heterocycles. The van der Waals surface area contributed by atoms with E-state index in [9.17, 15) is 18.8 Å². The first kappa shape index (κ1) is 21.0. The minimum atomic E-state index is -1.12. The quantitative estimate of drug-likeness (QED) is 0.705. The standard InChI is InChI=1S/C22H26FN5O3/c1-3-10-24-19(29)17-18-20(30)28(16-8-9-16)22(2,12-27(18)13-26-17)21(31)25-11-14-4-6-15(23)7-5-14/h4-7,13,16H,3,8-12H2,1-2H3,(H,24,29)(H,25,31)/t22-/m0/s1. The van der Waals surface area contributed by atoms with E-state index in [4.69, 9.17) is 0 Å². The molecule has 1 aliphatic carbocycles. The number of imidazole rings is 1. The number of carbonyl (C=O) groups excluding carboxylic acids is 3. The van der Waals surface area contributed by atoms with Gasteiger partial charge in [-0.2, -0.15) is 0 Å². The van der Waals surface area contributed by atoms with Crippen LogP contribution in [0.1, 0.15) is 59.7 Å². The molecule has 31 heavy (non-hydrogen) atoms. The first-order chi connectivity index (χ1) is 14.8. The van der Waals surface area contributed by atoms with E-state index in [0.717, 1.165) is 24.8 Å². The summed E-state index contributed by atoms with van der Waals surface area (Å²) in [6.07, 6.45) is 3.86. The van der Waals surface area contributed by atoms with Crippen molar-refractivity contribution in [3.8, 4) is 0 Å². The Hall–Kier alpha value is -3.23. The molecule has 1 aliphatic heterocycles. The number of hydrogen-bond acceptors (Lipinski definition) is 4. The third-order valence-corrected chi connectivity index (χ3v) is 5.79. The highest BCUT2D eigenvalue weighted by molar-refractivity contribution is 6.07. The van der Waals surface area contributed by atoms with E-state index in [2.05, 4.69) is 15.6 Å². The van der Waals surface area contributed by atoms with E-state index < -0.39 is 5.54 Å². The molecule has 164 valence electrons. The Kier molecular flexibility index (Phi) is 5.51. The van der Waals surface area contributed by atoms with E-state index in [1.807, 2.05) is 6.92 Å². The monoisotopic (exact) mass is 427 g/mol. The number of halogens is 1. The summed E-state index contributed by atoms with van der Waals surface area (Å²) in [6.45, 7) is 4.60. The topological polar surface area (TPSA) is 96.3 Å². The second-order valence-electron chi connectivity index (χ2n) is 8.31. The minimum absolute atomic E-state index is 0.0377. The molecular formula is C22H26FN5O3. The number of aromatic nitrogens is 2. The van der Waals surface area contributed by atoms with Gasteiger partial charge in [0.1, 0.15) is 17.1 Å². The van der Waals surface area contributed by atoms with E-state index in [1.165, 1.54) is 18.5 Å². The lowest BCUT2D eigenvalue weighted by molar-refractivity contribution is -0.133. The number of carbonyl (C=O) groups is 3. The van der Waals surface area contributed by atoms with Crippen LogP contribution in [0.15, 0.2) is 30.6 Å². The maximum absolute atomic E-state index is 13.5. The van der Waals surface area contributed by atoms with Crippen LogP contribution in [0, 0.1) is 5.82 Å². The van der Waals surface area contributed by atoms with Gasteiger partial charge in [0.15, 0.2) is 5.69 Å².